The summed E-state index contributed by atoms with van der Waals surface area (Å²) in [5.41, 5.74) is 1.27. The largest absolute Gasteiger partial charge is 0.381 e. The van der Waals surface area contributed by atoms with Crippen molar-refractivity contribution < 1.29 is 13.2 Å². The van der Waals surface area contributed by atoms with Crippen LogP contribution in [0.15, 0.2) is 17.2 Å². The number of fused-ring (bicyclic) bond motifs is 1. The van der Waals surface area contributed by atoms with Crippen LogP contribution in [0.1, 0.15) is 53.3 Å². The average Bonchev–Trinajstić information content (AvgIpc) is 2.94. The predicted octanol–water partition coefficient (Wildman–Crippen LogP) is 3.76. The molecule has 1 saturated heterocycles. The number of hydrogen-bond donors (Lipinski definition) is 0. The van der Waals surface area contributed by atoms with Crippen LogP contribution in [0, 0.1) is 5.92 Å². The van der Waals surface area contributed by atoms with Gasteiger partial charge in [-0.1, -0.05) is 20.8 Å². The maximum Gasteiger partial charge on any atom is 0.182 e. The minimum atomic E-state index is -3.36. The van der Waals surface area contributed by atoms with E-state index in [9.17, 15) is 8.42 Å². The lowest BCUT2D eigenvalue weighted by molar-refractivity contribution is 0.0611. The molecule has 3 rings (SSSR count). The topological polar surface area (TPSA) is 74.1 Å². The molecule has 0 N–H and O–H groups in total. The highest BCUT2D eigenvalue weighted by Gasteiger charge is 2.27. The number of ether oxygens (including phenoxy) is 1. The summed E-state index contributed by atoms with van der Waals surface area (Å²) in [6.07, 6.45) is 3.54. The lowest BCUT2D eigenvalue weighted by atomic mass is 9.94. The molecule has 6 nitrogen and oxygen atoms in total. The summed E-state index contributed by atoms with van der Waals surface area (Å²) >= 11 is 0. The van der Waals surface area contributed by atoms with Gasteiger partial charge in [-0.15, -0.1) is 12.4 Å². The predicted molar refractivity (Wildman–Crippen MR) is 109 cm³/mol. The van der Waals surface area contributed by atoms with E-state index >= 15 is 0 Å². The Balaban J connectivity index is 0.00000261. The van der Waals surface area contributed by atoms with E-state index in [0.717, 1.165) is 44.1 Å². The molecule has 0 unspecified atom stereocenters. The van der Waals surface area contributed by atoms with E-state index in [2.05, 4.69) is 30.3 Å². The fourth-order valence-corrected chi connectivity index (χ4v) is 4.37. The number of sulfone groups is 1. The van der Waals surface area contributed by atoms with Crippen molar-refractivity contribution in [3.63, 3.8) is 0 Å². The van der Waals surface area contributed by atoms with E-state index < -0.39 is 15.1 Å². The number of aromatic nitrogens is 3. The van der Waals surface area contributed by atoms with Gasteiger partial charge >= 0.3 is 0 Å². The lowest BCUT2D eigenvalue weighted by Crippen LogP contribution is -2.25. The molecule has 152 valence electrons. The Morgan fingerprint density at radius 1 is 1.26 bits per heavy atom. The Morgan fingerprint density at radius 2 is 1.89 bits per heavy atom. The van der Waals surface area contributed by atoms with Gasteiger partial charge in [0.1, 0.15) is 11.3 Å². The van der Waals surface area contributed by atoms with Gasteiger partial charge in [0.2, 0.25) is 0 Å². The summed E-state index contributed by atoms with van der Waals surface area (Å²) in [4.78, 5) is 9.55. The van der Waals surface area contributed by atoms with Crippen LogP contribution in [0.25, 0.3) is 11.2 Å². The first-order valence-corrected chi connectivity index (χ1v) is 10.8. The van der Waals surface area contributed by atoms with Gasteiger partial charge in [0.05, 0.1) is 10.1 Å². The van der Waals surface area contributed by atoms with E-state index in [0.29, 0.717) is 11.4 Å². The Hall–Kier alpha value is -1.18. The smallest absolute Gasteiger partial charge is 0.182 e. The van der Waals surface area contributed by atoms with Crippen molar-refractivity contribution in [2.24, 2.45) is 5.92 Å². The second-order valence-corrected chi connectivity index (χ2v) is 11.0. The highest BCUT2D eigenvalue weighted by molar-refractivity contribution is 7.92. The van der Waals surface area contributed by atoms with Gasteiger partial charge in [-0.3, -0.25) is 0 Å². The minimum Gasteiger partial charge on any atom is -0.381 e. The van der Waals surface area contributed by atoms with Gasteiger partial charge < -0.3 is 9.30 Å². The highest BCUT2D eigenvalue weighted by atomic mass is 35.5. The van der Waals surface area contributed by atoms with Gasteiger partial charge in [0.15, 0.2) is 15.5 Å². The van der Waals surface area contributed by atoms with Crippen LogP contribution >= 0.6 is 12.4 Å². The molecule has 3 heterocycles. The summed E-state index contributed by atoms with van der Waals surface area (Å²) in [6, 6.07) is 1.67. The summed E-state index contributed by atoms with van der Waals surface area (Å²) in [5, 5.41) is -0.479. The van der Waals surface area contributed by atoms with Crippen molar-refractivity contribution >= 4 is 33.4 Å². The third-order valence-corrected chi connectivity index (χ3v) is 7.08. The van der Waals surface area contributed by atoms with Gasteiger partial charge in [-0.05, 0) is 38.7 Å². The molecular formula is C19H30ClN3O3S. The zero-order valence-corrected chi connectivity index (χ0v) is 18.4. The molecule has 27 heavy (non-hydrogen) atoms. The Labute approximate surface area is 168 Å². The summed E-state index contributed by atoms with van der Waals surface area (Å²) in [7, 11) is -3.36. The van der Waals surface area contributed by atoms with Crippen molar-refractivity contribution in [1.82, 2.24) is 14.5 Å². The first-order valence-electron chi connectivity index (χ1n) is 9.29. The first kappa shape index (κ1) is 22.1. The summed E-state index contributed by atoms with van der Waals surface area (Å²) < 4.78 is 32.6. The minimum absolute atomic E-state index is 0. The zero-order valence-electron chi connectivity index (χ0n) is 16.7. The molecule has 0 bridgehead atoms. The number of pyridine rings is 1. The summed E-state index contributed by atoms with van der Waals surface area (Å²) in [6.45, 7) is 12.2. The molecule has 8 heteroatoms. The Bertz CT molecular complexity index is 895. The number of nitrogens with zero attached hydrogens (tertiary/aromatic N) is 3. The van der Waals surface area contributed by atoms with E-state index in [4.69, 9.17) is 9.72 Å². The molecule has 0 amide bonds. The zero-order chi connectivity index (χ0) is 19.1. The van der Waals surface area contributed by atoms with Crippen LogP contribution in [0.2, 0.25) is 0 Å². The maximum atomic E-state index is 12.5. The molecule has 1 fully saturated rings. The van der Waals surface area contributed by atoms with E-state index in [1.165, 1.54) is 6.20 Å². The standard InChI is InChI=1S/C19H29N3O3S.ClH/c1-13(2)26(23,24)15-10-16-17(20-11-15)22(18(21-16)19(3,4)5)12-14-6-8-25-9-7-14;/h10-11,13-14H,6-9,12H2,1-5H3;1H. The van der Waals surface area contributed by atoms with Gasteiger partial charge in [-0.25, -0.2) is 18.4 Å². The van der Waals surface area contributed by atoms with Crippen molar-refractivity contribution in [2.45, 2.75) is 69.6 Å². The van der Waals surface area contributed by atoms with Gasteiger partial charge in [-0.2, -0.15) is 0 Å². The molecule has 0 aromatic carbocycles. The molecule has 0 atom stereocenters. The Morgan fingerprint density at radius 3 is 2.44 bits per heavy atom. The fraction of sp³-hybridized carbons (Fsp3) is 0.684. The third kappa shape index (κ3) is 4.46. The number of imidazole rings is 1. The molecule has 2 aromatic rings. The molecule has 1 aliphatic heterocycles. The average molecular weight is 416 g/mol. The normalized spacial score (nSPS) is 16.7. The monoisotopic (exact) mass is 415 g/mol. The van der Waals surface area contributed by atoms with Crippen molar-refractivity contribution in [2.75, 3.05) is 13.2 Å². The van der Waals surface area contributed by atoms with Crippen LogP contribution in [-0.4, -0.2) is 41.4 Å². The molecular weight excluding hydrogens is 386 g/mol. The molecule has 0 spiro atoms. The maximum absolute atomic E-state index is 12.5. The lowest BCUT2D eigenvalue weighted by Gasteiger charge is -2.26. The molecule has 0 radical (unpaired) electrons. The molecule has 0 aliphatic carbocycles. The fourth-order valence-electron chi connectivity index (χ4n) is 3.35. The first-order chi connectivity index (χ1) is 12.1. The van der Waals surface area contributed by atoms with Crippen LogP contribution in [0.3, 0.4) is 0 Å². The van der Waals surface area contributed by atoms with Crippen LogP contribution in [-0.2, 0) is 26.5 Å². The van der Waals surface area contributed by atoms with E-state index in [-0.39, 0.29) is 22.7 Å². The van der Waals surface area contributed by atoms with Crippen molar-refractivity contribution in [3.05, 3.63) is 18.1 Å². The quantitative estimate of drug-likeness (QED) is 0.759. The van der Waals surface area contributed by atoms with Crippen LogP contribution in [0.5, 0.6) is 0 Å². The second kappa shape index (κ2) is 8.05. The molecule has 1 aliphatic rings. The van der Waals surface area contributed by atoms with Crippen LogP contribution < -0.4 is 0 Å². The van der Waals surface area contributed by atoms with Crippen molar-refractivity contribution in [3.8, 4) is 0 Å². The third-order valence-electron chi connectivity index (χ3n) is 4.96. The van der Waals surface area contributed by atoms with Gasteiger partial charge in [0.25, 0.3) is 0 Å². The van der Waals surface area contributed by atoms with E-state index in [1.807, 2.05) is 0 Å². The van der Waals surface area contributed by atoms with Crippen LogP contribution in [0.4, 0.5) is 0 Å². The molecule has 0 saturated carbocycles. The van der Waals surface area contributed by atoms with Crippen molar-refractivity contribution in [1.29, 1.82) is 0 Å². The second-order valence-electron chi connectivity index (χ2n) is 8.46. The number of halogens is 1. The highest BCUT2D eigenvalue weighted by Crippen LogP contribution is 2.29. The SMILES string of the molecule is CC(C)S(=O)(=O)c1cnc2c(c1)nc(C(C)(C)C)n2CC1CCOCC1.Cl. The Kier molecular flexibility index (Phi) is 6.59. The van der Waals surface area contributed by atoms with Gasteiger partial charge in [0, 0.05) is 31.4 Å². The number of hydrogen-bond acceptors (Lipinski definition) is 5. The van der Waals surface area contributed by atoms with E-state index in [1.54, 1.807) is 19.9 Å². The number of rotatable bonds is 4. The summed E-state index contributed by atoms with van der Waals surface area (Å²) in [5.74, 6) is 1.48. The molecule has 2 aromatic heterocycles.